The van der Waals surface area contributed by atoms with Crippen LogP contribution in [-0.2, 0) is 6.42 Å². The molecule has 0 radical (unpaired) electrons. The average Bonchev–Trinajstić information content (AvgIpc) is 2.70. The Balaban J connectivity index is 2.19. The topological polar surface area (TPSA) is 52.0 Å². The van der Waals surface area contributed by atoms with Crippen molar-refractivity contribution >= 4 is 5.82 Å². The van der Waals surface area contributed by atoms with Crippen molar-refractivity contribution in [3.05, 3.63) is 11.3 Å². The van der Waals surface area contributed by atoms with Crippen molar-refractivity contribution in [1.29, 1.82) is 0 Å². The summed E-state index contributed by atoms with van der Waals surface area (Å²) < 4.78 is 43.9. The molecule has 1 fully saturated rings. The van der Waals surface area contributed by atoms with E-state index in [2.05, 4.69) is 5.16 Å². The lowest BCUT2D eigenvalue weighted by atomic mass is 9.78. The maximum absolute atomic E-state index is 12.9. The highest BCUT2D eigenvalue weighted by Crippen LogP contribution is 2.45. The molecule has 0 spiro atoms. The SMILES string of the molecule is CC(C)Cc1c(N)noc1C1CCCC(C(F)(F)F)C1. The molecule has 0 saturated heterocycles. The first-order valence-corrected chi connectivity index (χ1v) is 7.09. The Kier molecular flexibility index (Phi) is 4.30. The van der Waals surface area contributed by atoms with Crippen LogP contribution in [0.25, 0.3) is 0 Å². The average molecular weight is 290 g/mol. The number of nitrogens with zero attached hydrogens (tertiary/aromatic N) is 1. The molecule has 0 bridgehead atoms. The van der Waals surface area contributed by atoms with Crippen LogP contribution in [0.5, 0.6) is 0 Å². The molecule has 20 heavy (non-hydrogen) atoms. The van der Waals surface area contributed by atoms with Gasteiger partial charge in [-0.1, -0.05) is 25.4 Å². The number of hydrogen-bond donors (Lipinski definition) is 1. The van der Waals surface area contributed by atoms with Gasteiger partial charge < -0.3 is 10.3 Å². The summed E-state index contributed by atoms with van der Waals surface area (Å²) in [6.07, 6.45) is -1.85. The Labute approximate surface area is 116 Å². The second kappa shape index (κ2) is 5.66. The minimum Gasteiger partial charge on any atom is -0.381 e. The summed E-state index contributed by atoms with van der Waals surface area (Å²) in [5, 5.41) is 3.75. The maximum atomic E-state index is 12.9. The minimum atomic E-state index is -4.12. The van der Waals surface area contributed by atoms with Gasteiger partial charge in [0.05, 0.1) is 5.92 Å². The van der Waals surface area contributed by atoms with E-state index in [1.54, 1.807) is 0 Å². The normalized spacial score (nSPS) is 24.3. The van der Waals surface area contributed by atoms with Crippen molar-refractivity contribution in [1.82, 2.24) is 5.16 Å². The van der Waals surface area contributed by atoms with Crippen LogP contribution in [0.4, 0.5) is 19.0 Å². The lowest BCUT2D eigenvalue weighted by Crippen LogP contribution is -2.28. The molecule has 1 saturated carbocycles. The van der Waals surface area contributed by atoms with E-state index >= 15 is 0 Å². The molecule has 0 aliphatic heterocycles. The van der Waals surface area contributed by atoms with E-state index in [1.807, 2.05) is 13.8 Å². The molecule has 3 nitrogen and oxygen atoms in total. The van der Waals surface area contributed by atoms with Gasteiger partial charge in [-0.3, -0.25) is 0 Å². The number of hydrogen-bond acceptors (Lipinski definition) is 3. The summed E-state index contributed by atoms with van der Waals surface area (Å²) in [7, 11) is 0. The number of alkyl halides is 3. The van der Waals surface area contributed by atoms with Crippen molar-refractivity contribution in [3.63, 3.8) is 0 Å². The second-order valence-electron chi connectivity index (χ2n) is 6.11. The van der Waals surface area contributed by atoms with Crippen LogP contribution in [0.3, 0.4) is 0 Å². The number of nitrogens with two attached hydrogens (primary N) is 1. The quantitative estimate of drug-likeness (QED) is 0.903. The molecule has 1 aliphatic carbocycles. The third-order valence-electron chi connectivity index (χ3n) is 3.97. The van der Waals surface area contributed by atoms with Crippen LogP contribution in [-0.4, -0.2) is 11.3 Å². The Morgan fingerprint density at radius 2 is 2.05 bits per heavy atom. The first-order valence-electron chi connectivity index (χ1n) is 7.09. The number of anilines is 1. The molecular weight excluding hydrogens is 269 g/mol. The van der Waals surface area contributed by atoms with Gasteiger partial charge in [0.2, 0.25) is 0 Å². The van der Waals surface area contributed by atoms with Crippen LogP contribution < -0.4 is 5.73 Å². The lowest BCUT2D eigenvalue weighted by Gasteiger charge is -2.29. The van der Waals surface area contributed by atoms with Crippen molar-refractivity contribution in [2.75, 3.05) is 5.73 Å². The zero-order chi connectivity index (χ0) is 14.9. The summed E-state index contributed by atoms with van der Waals surface area (Å²) in [5.41, 5.74) is 6.59. The Morgan fingerprint density at radius 1 is 1.35 bits per heavy atom. The van der Waals surface area contributed by atoms with E-state index in [9.17, 15) is 13.2 Å². The minimum absolute atomic E-state index is 0.0865. The fourth-order valence-corrected chi connectivity index (χ4v) is 2.99. The van der Waals surface area contributed by atoms with Crippen LogP contribution >= 0.6 is 0 Å². The smallest absolute Gasteiger partial charge is 0.381 e. The number of rotatable bonds is 3. The first-order chi connectivity index (χ1) is 9.29. The molecule has 1 heterocycles. The van der Waals surface area contributed by atoms with Crippen LogP contribution in [0.15, 0.2) is 4.52 Å². The van der Waals surface area contributed by atoms with Crippen LogP contribution in [0, 0.1) is 11.8 Å². The first kappa shape index (κ1) is 15.2. The van der Waals surface area contributed by atoms with Gasteiger partial charge in [-0.25, -0.2) is 0 Å². The molecule has 1 aromatic heterocycles. The highest BCUT2D eigenvalue weighted by Gasteiger charge is 2.43. The van der Waals surface area contributed by atoms with Crippen molar-refractivity contribution in [3.8, 4) is 0 Å². The molecule has 2 rings (SSSR count). The molecule has 0 amide bonds. The highest BCUT2D eigenvalue weighted by molar-refractivity contribution is 5.42. The maximum Gasteiger partial charge on any atom is 0.391 e. The van der Waals surface area contributed by atoms with Crippen LogP contribution in [0.1, 0.15) is 56.8 Å². The highest BCUT2D eigenvalue weighted by atomic mass is 19.4. The third-order valence-corrected chi connectivity index (χ3v) is 3.97. The van der Waals surface area contributed by atoms with Crippen molar-refractivity contribution in [2.24, 2.45) is 11.8 Å². The molecule has 2 unspecified atom stereocenters. The zero-order valence-corrected chi connectivity index (χ0v) is 11.8. The Hall–Kier alpha value is -1.20. The number of aromatic nitrogens is 1. The molecule has 2 N–H and O–H groups in total. The van der Waals surface area contributed by atoms with Crippen molar-refractivity contribution < 1.29 is 17.7 Å². The van der Waals surface area contributed by atoms with Crippen LogP contribution in [0.2, 0.25) is 0 Å². The lowest BCUT2D eigenvalue weighted by molar-refractivity contribution is -0.183. The summed E-state index contributed by atoms with van der Waals surface area (Å²) in [5.74, 6) is -0.196. The summed E-state index contributed by atoms with van der Waals surface area (Å²) >= 11 is 0. The van der Waals surface area contributed by atoms with Gasteiger partial charge in [-0.05, 0) is 31.6 Å². The zero-order valence-electron chi connectivity index (χ0n) is 11.8. The molecule has 0 aromatic carbocycles. The Morgan fingerprint density at radius 3 is 2.65 bits per heavy atom. The van der Waals surface area contributed by atoms with E-state index in [4.69, 9.17) is 10.3 Å². The van der Waals surface area contributed by atoms with Gasteiger partial charge in [0.1, 0.15) is 5.76 Å². The predicted molar refractivity (Wildman–Crippen MR) is 70.2 cm³/mol. The number of halogens is 3. The second-order valence-corrected chi connectivity index (χ2v) is 6.11. The van der Waals surface area contributed by atoms with E-state index in [0.29, 0.717) is 36.8 Å². The van der Waals surface area contributed by atoms with E-state index in [1.165, 1.54) is 0 Å². The molecule has 1 aliphatic rings. The van der Waals surface area contributed by atoms with E-state index < -0.39 is 12.1 Å². The van der Waals surface area contributed by atoms with Crippen molar-refractivity contribution in [2.45, 2.75) is 58.0 Å². The van der Waals surface area contributed by atoms with Gasteiger partial charge in [-0.2, -0.15) is 13.2 Å². The summed E-state index contributed by atoms with van der Waals surface area (Å²) in [4.78, 5) is 0. The standard InChI is InChI=1S/C14H21F3N2O/c1-8(2)6-11-12(20-19-13(11)18)9-4-3-5-10(7-9)14(15,16)17/h8-10H,3-7H2,1-2H3,(H2,18,19). The predicted octanol–water partition coefficient (Wildman–Crippen LogP) is 4.29. The molecule has 2 atom stereocenters. The summed E-state index contributed by atoms with van der Waals surface area (Å²) in [6.45, 7) is 4.07. The van der Waals surface area contributed by atoms with Gasteiger partial charge in [0.25, 0.3) is 0 Å². The van der Waals surface area contributed by atoms with E-state index in [0.717, 1.165) is 5.56 Å². The largest absolute Gasteiger partial charge is 0.391 e. The number of nitrogen functional groups attached to an aromatic ring is 1. The fraction of sp³-hybridized carbons (Fsp3) is 0.786. The van der Waals surface area contributed by atoms with Gasteiger partial charge >= 0.3 is 6.18 Å². The molecule has 1 aromatic rings. The summed E-state index contributed by atoms with van der Waals surface area (Å²) in [6, 6.07) is 0. The monoisotopic (exact) mass is 290 g/mol. The molecule has 114 valence electrons. The molecular formula is C14H21F3N2O. The van der Waals surface area contributed by atoms with Gasteiger partial charge in [-0.15, -0.1) is 0 Å². The Bertz CT molecular complexity index is 454. The fourth-order valence-electron chi connectivity index (χ4n) is 2.99. The molecule has 6 heteroatoms. The third kappa shape index (κ3) is 3.27. The van der Waals surface area contributed by atoms with Gasteiger partial charge in [0, 0.05) is 11.5 Å². The van der Waals surface area contributed by atoms with Gasteiger partial charge in [0.15, 0.2) is 5.82 Å². The van der Waals surface area contributed by atoms with E-state index in [-0.39, 0.29) is 18.8 Å².